The number of ether oxygens (including phenoxy) is 4. The second-order valence-corrected chi connectivity index (χ2v) is 5.67. The van der Waals surface area contributed by atoms with Gasteiger partial charge >= 0.3 is 5.97 Å². The van der Waals surface area contributed by atoms with Crippen LogP contribution in [0.1, 0.15) is 24.2 Å². The van der Waals surface area contributed by atoms with Gasteiger partial charge in [-0.25, -0.2) is 4.79 Å². The minimum atomic E-state index is -0.696. The SMILES string of the molecule is [B][C@@H]1O[C@H](COC(=O)c2ccccc2)[C@@H]2OC(C)(C)OC12. The Morgan fingerprint density at radius 3 is 2.62 bits per heavy atom. The van der Waals surface area contributed by atoms with Crippen molar-refractivity contribution >= 4 is 13.8 Å². The molecule has 3 rings (SSSR count). The van der Waals surface area contributed by atoms with Crippen LogP contribution in [0.4, 0.5) is 0 Å². The summed E-state index contributed by atoms with van der Waals surface area (Å²) in [6.45, 7) is 3.73. The van der Waals surface area contributed by atoms with Crippen molar-refractivity contribution in [2.45, 2.75) is 43.9 Å². The Bertz CT molecular complexity index is 518. The maximum absolute atomic E-state index is 11.9. The Labute approximate surface area is 124 Å². The molecule has 6 heteroatoms. The molecule has 1 unspecified atom stereocenters. The molecule has 2 radical (unpaired) electrons. The molecule has 21 heavy (non-hydrogen) atoms. The van der Waals surface area contributed by atoms with E-state index in [4.69, 9.17) is 26.8 Å². The van der Waals surface area contributed by atoms with E-state index in [-0.39, 0.29) is 18.8 Å². The van der Waals surface area contributed by atoms with Gasteiger partial charge in [0.15, 0.2) is 5.79 Å². The van der Waals surface area contributed by atoms with E-state index >= 15 is 0 Å². The van der Waals surface area contributed by atoms with Crippen molar-refractivity contribution < 1.29 is 23.7 Å². The summed E-state index contributed by atoms with van der Waals surface area (Å²) in [5, 5.41) is 0. The molecular formula is C15H17BO5. The van der Waals surface area contributed by atoms with Gasteiger partial charge in [-0.2, -0.15) is 0 Å². The van der Waals surface area contributed by atoms with E-state index in [2.05, 4.69) is 0 Å². The highest BCUT2D eigenvalue weighted by Gasteiger charge is 2.53. The van der Waals surface area contributed by atoms with E-state index in [1.807, 2.05) is 19.9 Å². The van der Waals surface area contributed by atoms with E-state index in [9.17, 15) is 4.79 Å². The number of carbonyl (C=O) groups excluding carboxylic acids is 1. The molecule has 2 aliphatic heterocycles. The van der Waals surface area contributed by atoms with Gasteiger partial charge in [0, 0.05) is 6.00 Å². The van der Waals surface area contributed by atoms with Crippen LogP contribution in [0.2, 0.25) is 0 Å². The third-order valence-electron chi connectivity index (χ3n) is 3.57. The Morgan fingerprint density at radius 2 is 1.90 bits per heavy atom. The number of carbonyl (C=O) groups is 1. The topological polar surface area (TPSA) is 54.0 Å². The largest absolute Gasteiger partial charge is 0.459 e. The Morgan fingerprint density at radius 1 is 1.24 bits per heavy atom. The highest BCUT2D eigenvalue weighted by Crippen LogP contribution is 2.37. The van der Waals surface area contributed by atoms with Crippen molar-refractivity contribution in [3.8, 4) is 0 Å². The molecule has 0 N–H and O–H groups in total. The lowest BCUT2D eigenvalue weighted by Crippen LogP contribution is -2.33. The van der Waals surface area contributed by atoms with Crippen molar-refractivity contribution in [1.82, 2.24) is 0 Å². The molecule has 0 aliphatic carbocycles. The van der Waals surface area contributed by atoms with Gasteiger partial charge in [0.2, 0.25) is 0 Å². The van der Waals surface area contributed by atoms with Crippen molar-refractivity contribution in [2.75, 3.05) is 6.61 Å². The fourth-order valence-corrected chi connectivity index (χ4v) is 2.67. The van der Waals surface area contributed by atoms with Gasteiger partial charge in [0.25, 0.3) is 0 Å². The van der Waals surface area contributed by atoms with Crippen LogP contribution in [0.3, 0.4) is 0 Å². The number of hydrogen-bond donors (Lipinski definition) is 0. The summed E-state index contributed by atoms with van der Waals surface area (Å²) in [5.74, 6) is -1.09. The van der Waals surface area contributed by atoms with Crippen molar-refractivity contribution in [3.63, 3.8) is 0 Å². The lowest BCUT2D eigenvalue weighted by molar-refractivity contribution is -0.182. The van der Waals surface area contributed by atoms with E-state index in [1.165, 1.54) is 0 Å². The van der Waals surface area contributed by atoms with Gasteiger partial charge in [-0.15, -0.1) is 0 Å². The molecule has 0 bridgehead atoms. The van der Waals surface area contributed by atoms with E-state index in [0.717, 1.165) is 0 Å². The minimum Gasteiger partial charge on any atom is -0.459 e. The van der Waals surface area contributed by atoms with Gasteiger partial charge in [0.1, 0.15) is 32.8 Å². The molecule has 2 fully saturated rings. The maximum Gasteiger partial charge on any atom is 0.338 e. The van der Waals surface area contributed by atoms with Crippen LogP contribution in [0, 0.1) is 0 Å². The second kappa shape index (κ2) is 5.44. The number of benzene rings is 1. The third kappa shape index (κ3) is 2.97. The lowest BCUT2D eigenvalue weighted by atomic mass is 9.93. The molecule has 2 aliphatic rings. The zero-order valence-electron chi connectivity index (χ0n) is 12.0. The van der Waals surface area contributed by atoms with Crippen molar-refractivity contribution in [3.05, 3.63) is 35.9 Å². The fraction of sp³-hybridized carbons (Fsp3) is 0.533. The summed E-state index contributed by atoms with van der Waals surface area (Å²) < 4.78 is 22.3. The third-order valence-corrected chi connectivity index (χ3v) is 3.57. The Kier molecular flexibility index (Phi) is 3.77. The number of fused-ring (bicyclic) bond motifs is 1. The predicted octanol–water partition coefficient (Wildman–Crippen LogP) is 1.26. The second-order valence-electron chi connectivity index (χ2n) is 5.67. The number of rotatable bonds is 3. The monoisotopic (exact) mass is 288 g/mol. The van der Waals surface area contributed by atoms with Gasteiger partial charge < -0.3 is 18.9 Å². The molecule has 5 nitrogen and oxygen atoms in total. The standard InChI is InChI=1S/C15H17BO5/c1-15(2)20-11-10(19-13(16)12(11)21-15)8-18-14(17)9-6-4-3-5-7-9/h3-7,10-13H,8H2,1-2H3/t10-,11+,12?,13-/m1/s1. The van der Waals surface area contributed by atoms with Crippen LogP contribution < -0.4 is 0 Å². The highest BCUT2D eigenvalue weighted by molar-refractivity contribution is 6.11. The fourth-order valence-electron chi connectivity index (χ4n) is 2.67. The van der Waals surface area contributed by atoms with Gasteiger partial charge in [-0.1, -0.05) is 18.2 Å². The molecule has 1 aromatic carbocycles. The molecule has 0 saturated carbocycles. The van der Waals surface area contributed by atoms with Crippen LogP contribution in [0.5, 0.6) is 0 Å². The van der Waals surface area contributed by atoms with E-state index in [0.29, 0.717) is 5.56 Å². The first-order chi connectivity index (χ1) is 9.96. The van der Waals surface area contributed by atoms with Crippen molar-refractivity contribution in [2.24, 2.45) is 0 Å². The zero-order chi connectivity index (χ0) is 15.0. The quantitative estimate of drug-likeness (QED) is 0.619. The maximum atomic E-state index is 11.9. The predicted molar refractivity (Wildman–Crippen MR) is 75.0 cm³/mol. The van der Waals surface area contributed by atoms with Gasteiger partial charge in [-0.05, 0) is 26.0 Å². The lowest BCUT2D eigenvalue weighted by Gasteiger charge is -2.23. The molecule has 4 atom stereocenters. The van der Waals surface area contributed by atoms with Gasteiger partial charge in [0.05, 0.1) is 5.56 Å². The van der Waals surface area contributed by atoms with E-state index < -0.39 is 23.9 Å². The molecular weight excluding hydrogens is 271 g/mol. The van der Waals surface area contributed by atoms with Gasteiger partial charge in [-0.3, -0.25) is 0 Å². The molecule has 2 saturated heterocycles. The first kappa shape index (κ1) is 14.6. The number of hydrogen-bond acceptors (Lipinski definition) is 5. The number of esters is 1. The zero-order valence-corrected chi connectivity index (χ0v) is 12.0. The Hall–Kier alpha value is -1.37. The highest BCUT2D eigenvalue weighted by atomic mass is 16.8. The van der Waals surface area contributed by atoms with Crippen molar-refractivity contribution in [1.29, 1.82) is 0 Å². The molecule has 0 aromatic heterocycles. The molecule has 1 aromatic rings. The van der Waals surface area contributed by atoms with Crippen LogP contribution in [-0.4, -0.2) is 50.5 Å². The molecule has 110 valence electrons. The minimum absolute atomic E-state index is 0.0854. The molecule has 2 heterocycles. The van der Waals surface area contributed by atoms with Crippen LogP contribution in [-0.2, 0) is 18.9 Å². The first-order valence-electron chi connectivity index (χ1n) is 6.95. The first-order valence-corrected chi connectivity index (χ1v) is 6.95. The van der Waals surface area contributed by atoms with E-state index in [1.54, 1.807) is 24.3 Å². The average molecular weight is 288 g/mol. The average Bonchev–Trinajstić information content (AvgIpc) is 2.92. The van der Waals surface area contributed by atoms with Crippen LogP contribution >= 0.6 is 0 Å². The summed E-state index contributed by atoms with van der Waals surface area (Å²) >= 11 is 0. The summed E-state index contributed by atoms with van der Waals surface area (Å²) in [6, 6.07) is 8.23. The summed E-state index contributed by atoms with van der Waals surface area (Å²) in [7, 11) is 5.88. The summed E-state index contributed by atoms with van der Waals surface area (Å²) in [4.78, 5) is 11.9. The van der Waals surface area contributed by atoms with Crippen LogP contribution in [0.15, 0.2) is 30.3 Å². The van der Waals surface area contributed by atoms with Crippen LogP contribution in [0.25, 0.3) is 0 Å². The summed E-state index contributed by atoms with van der Waals surface area (Å²) in [6.07, 6.45) is -1.07. The molecule has 0 spiro atoms. The summed E-state index contributed by atoms with van der Waals surface area (Å²) in [5.41, 5.74) is 0.500. The smallest absolute Gasteiger partial charge is 0.338 e. The normalized spacial score (nSPS) is 33.6. The molecule has 0 amide bonds. The Balaban J connectivity index is 1.60.